The van der Waals surface area contributed by atoms with Gasteiger partial charge in [0.05, 0.1) is 5.41 Å². The second kappa shape index (κ2) is 8.11. The third-order valence-electron chi connectivity index (χ3n) is 5.87. The summed E-state index contributed by atoms with van der Waals surface area (Å²) >= 11 is 0. The Balaban J connectivity index is 1.68. The van der Waals surface area contributed by atoms with Gasteiger partial charge in [-0.2, -0.15) is 0 Å². The number of para-hydroxylation sites is 1. The molecule has 4 rings (SSSR count). The van der Waals surface area contributed by atoms with Gasteiger partial charge < -0.3 is 9.80 Å². The van der Waals surface area contributed by atoms with E-state index in [0.29, 0.717) is 13.0 Å². The van der Waals surface area contributed by atoms with Crippen molar-refractivity contribution in [2.45, 2.75) is 24.8 Å². The van der Waals surface area contributed by atoms with Crippen molar-refractivity contribution in [1.29, 1.82) is 0 Å². The van der Waals surface area contributed by atoms with E-state index >= 15 is 0 Å². The average Bonchev–Trinajstić information content (AvgIpc) is 2.97. The predicted molar refractivity (Wildman–Crippen MR) is 117 cm³/mol. The van der Waals surface area contributed by atoms with Crippen LogP contribution in [0.1, 0.15) is 23.1 Å². The van der Waals surface area contributed by atoms with Crippen LogP contribution in [0, 0.1) is 0 Å². The molecule has 0 saturated heterocycles. The van der Waals surface area contributed by atoms with E-state index in [2.05, 4.69) is 4.98 Å². The highest BCUT2D eigenvalue weighted by molar-refractivity contribution is 6.09. The fraction of sp³-hybridized carbons (Fsp3) is 0.240. The van der Waals surface area contributed by atoms with Crippen LogP contribution in [0.5, 0.6) is 0 Å². The number of aromatic nitrogens is 1. The van der Waals surface area contributed by atoms with Gasteiger partial charge in [0.25, 0.3) is 0 Å². The van der Waals surface area contributed by atoms with E-state index in [-0.39, 0.29) is 18.2 Å². The molecule has 30 heavy (non-hydrogen) atoms. The lowest BCUT2D eigenvalue weighted by Gasteiger charge is -2.30. The molecule has 0 spiro atoms. The number of hydrogen-bond donors (Lipinski definition) is 0. The zero-order chi connectivity index (χ0) is 21.1. The van der Waals surface area contributed by atoms with Crippen molar-refractivity contribution in [3.8, 4) is 0 Å². The van der Waals surface area contributed by atoms with Gasteiger partial charge in [0.2, 0.25) is 11.8 Å². The molecule has 5 nitrogen and oxygen atoms in total. The zero-order valence-electron chi connectivity index (χ0n) is 17.3. The van der Waals surface area contributed by atoms with E-state index < -0.39 is 5.41 Å². The highest BCUT2D eigenvalue weighted by atomic mass is 16.2. The quantitative estimate of drug-likeness (QED) is 0.637. The van der Waals surface area contributed by atoms with Crippen LogP contribution in [0.4, 0.5) is 5.69 Å². The van der Waals surface area contributed by atoms with Crippen LogP contribution in [0.2, 0.25) is 0 Å². The summed E-state index contributed by atoms with van der Waals surface area (Å²) in [4.78, 5) is 34.3. The zero-order valence-corrected chi connectivity index (χ0v) is 17.3. The van der Waals surface area contributed by atoms with Gasteiger partial charge in [-0.25, -0.2) is 0 Å². The second-order valence-electron chi connectivity index (χ2n) is 7.91. The molecule has 5 heteroatoms. The molecule has 152 valence electrons. The van der Waals surface area contributed by atoms with Crippen LogP contribution >= 0.6 is 0 Å². The Kier molecular flexibility index (Phi) is 5.36. The van der Waals surface area contributed by atoms with Crippen LogP contribution in [-0.2, 0) is 28.0 Å². The molecule has 1 aliphatic heterocycles. The molecule has 0 saturated carbocycles. The molecule has 1 aromatic heterocycles. The highest BCUT2D eigenvalue weighted by Gasteiger charge is 2.51. The monoisotopic (exact) mass is 399 g/mol. The molecule has 0 fully saturated rings. The molecule has 0 aliphatic carbocycles. The van der Waals surface area contributed by atoms with Gasteiger partial charge >= 0.3 is 0 Å². The van der Waals surface area contributed by atoms with E-state index in [1.54, 1.807) is 36.3 Å². The lowest BCUT2D eigenvalue weighted by atomic mass is 9.73. The predicted octanol–water partition coefficient (Wildman–Crippen LogP) is 3.59. The third-order valence-corrected chi connectivity index (χ3v) is 5.87. The average molecular weight is 399 g/mol. The number of benzene rings is 2. The smallest absolute Gasteiger partial charge is 0.238 e. The summed E-state index contributed by atoms with van der Waals surface area (Å²) in [6.07, 6.45) is 4.08. The summed E-state index contributed by atoms with van der Waals surface area (Å²) < 4.78 is 0. The summed E-state index contributed by atoms with van der Waals surface area (Å²) in [6, 6.07) is 21.5. The van der Waals surface area contributed by atoms with E-state index in [1.165, 1.54) is 0 Å². The first-order valence-electron chi connectivity index (χ1n) is 10.1. The van der Waals surface area contributed by atoms with Crippen molar-refractivity contribution in [3.63, 3.8) is 0 Å². The van der Waals surface area contributed by atoms with E-state index in [4.69, 9.17) is 0 Å². The van der Waals surface area contributed by atoms with Crippen LogP contribution in [0.25, 0.3) is 0 Å². The minimum atomic E-state index is -0.910. The molecule has 2 aromatic carbocycles. The van der Waals surface area contributed by atoms with Crippen LogP contribution in [-0.4, -0.2) is 35.8 Å². The van der Waals surface area contributed by atoms with Crippen molar-refractivity contribution < 1.29 is 9.59 Å². The molecular formula is C25H25N3O2. The first-order valence-corrected chi connectivity index (χ1v) is 10.1. The molecule has 1 atom stereocenters. The van der Waals surface area contributed by atoms with Gasteiger partial charge in [-0.1, -0.05) is 54.6 Å². The van der Waals surface area contributed by atoms with Gasteiger partial charge in [-0.15, -0.1) is 0 Å². The topological polar surface area (TPSA) is 53.5 Å². The molecule has 0 N–H and O–H groups in total. The molecule has 2 amide bonds. The number of carbonyl (C=O) groups excluding carboxylic acids is 2. The third kappa shape index (κ3) is 3.59. The number of amides is 2. The number of nitrogens with zero attached hydrogens (tertiary/aromatic N) is 3. The lowest BCUT2D eigenvalue weighted by Crippen LogP contribution is -2.44. The Morgan fingerprint density at radius 3 is 2.43 bits per heavy atom. The minimum absolute atomic E-state index is 0.0318. The Morgan fingerprint density at radius 2 is 1.70 bits per heavy atom. The summed E-state index contributed by atoms with van der Waals surface area (Å²) in [7, 11) is 3.57. The maximum Gasteiger partial charge on any atom is 0.238 e. The number of carbonyl (C=O) groups is 2. The van der Waals surface area contributed by atoms with E-state index in [9.17, 15) is 9.59 Å². The van der Waals surface area contributed by atoms with E-state index in [0.717, 1.165) is 22.4 Å². The summed E-state index contributed by atoms with van der Waals surface area (Å²) in [5, 5.41) is 0. The SMILES string of the molecule is CN(Cc1cccnc1)C(=O)C[C@@]1(Cc2ccccc2)C(=O)N(C)c2ccccc21. The number of hydrogen-bond acceptors (Lipinski definition) is 3. The van der Waals surface area contributed by atoms with E-state index in [1.807, 2.05) is 66.7 Å². The number of likely N-dealkylation sites (N-methyl/N-ethyl adjacent to an activating group) is 1. The maximum atomic E-state index is 13.6. The van der Waals surface area contributed by atoms with Crippen molar-refractivity contribution in [3.05, 3.63) is 95.8 Å². The molecule has 0 bridgehead atoms. The number of fused-ring (bicyclic) bond motifs is 1. The first kappa shape index (κ1) is 19.8. The minimum Gasteiger partial charge on any atom is -0.341 e. The van der Waals surface area contributed by atoms with Crippen molar-refractivity contribution in [2.75, 3.05) is 19.0 Å². The first-order chi connectivity index (χ1) is 14.5. The fourth-order valence-corrected chi connectivity index (χ4v) is 4.31. The van der Waals surface area contributed by atoms with Gasteiger partial charge in [0.15, 0.2) is 0 Å². The standard InChI is InChI=1S/C25H25N3O2/c1-27(18-20-11-8-14-26-17-20)23(29)16-25(15-19-9-4-3-5-10-19)21-12-6-7-13-22(21)28(2)24(25)30/h3-14,17H,15-16,18H2,1-2H3/t25-/m1/s1. The lowest BCUT2D eigenvalue weighted by molar-refractivity contribution is -0.135. The highest BCUT2D eigenvalue weighted by Crippen LogP contribution is 2.45. The molecule has 3 aromatic rings. The molecule has 0 unspecified atom stereocenters. The summed E-state index contributed by atoms with van der Waals surface area (Å²) in [6.45, 7) is 0.458. The van der Waals surface area contributed by atoms with Crippen LogP contribution < -0.4 is 4.90 Å². The maximum absolute atomic E-state index is 13.6. The van der Waals surface area contributed by atoms with Gasteiger partial charge in [-0.05, 0) is 35.2 Å². The number of anilines is 1. The normalized spacial score (nSPS) is 17.7. The van der Waals surface area contributed by atoms with Gasteiger partial charge in [0, 0.05) is 45.1 Å². The molecule has 2 heterocycles. The van der Waals surface area contributed by atoms with Crippen LogP contribution in [0.15, 0.2) is 79.1 Å². The Morgan fingerprint density at radius 1 is 1.00 bits per heavy atom. The van der Waals surface area contributed by atoms with Crippen molar-refractivity contribution in [2.24, 2.45) is 0 Å². The number of pyridine rings is 1. The van der Waals surface area contributed by atoms with Crippen LogP contribution in [0.3, 0.4) is 0 Å². The largest absolute Gasteiger partial charge is 0.341 e. The Bertz CT molecular complexity index is 1050. The molecule has 0 radical (unpaired) electrons. The number of rotatable bonds is 6. The van der Waals surface area contributed by atoms with Crippen molar-refractivity contribution >= 4 is 17.5 Å². The fourth-order valence-electron chi connectivity index (χ4n) is 4.31. The molecule has 1 aliphatic rings. The second-order valence-corrected chi connectivity index (χ2v) is 7.91. The summed E-state index contributed by atoms with van der Waals surface area (Å²) in [5.74, 6) is -0.0936. The Labute approximate surface area is 177 Å². The van der Waals surface area contributed by atoms with Gasteiger partial charge in [0.1, 0.15) is 0 Å². The van der Waals surface area contributed by atoms with Crippen molar-refractivity contribution in [1.82, 2.24) is 9.88 Å². The summed E-state index contributed by atoms with van der Waals surface area (Å²) in [5.41, 5.74) is 2.89. The molecular weight excluding hydrogens is 374 g/mol. The Hall–Kier alpha value is -3.47. The van der Waals surface area contributed by atoms with Gasteiger partial charge in [-0.3, -0.25) is 14.6 Å².